The highest BCUT2D eigenvalue weighted by molar-refractivity contribution is 5.33. The van der Waals surface area contributed by atoms with E-state index < -0.39 is 0 Å². The van der Waals surface area contributed by atoms with Crippen LogP contribution in [0, 0.1) is 0 Å². The van der Waals surface area contributed by atoms with E-state index in [4.69, 9.17) is 0 Å². The molecule has 0 aliphatic rings. The lowest BCUT2D eigenvalue weighted by Crippen LogP contribution is -1.85. The Labute approximate surface area is 186 Å². The first-order valence-electron chi connectivity index (χ1n) is 10.1. The Morgan fingerprint density at radius 2 is 1.10 bits per heavy atom. The van der Waals surface area contributed by atoms with Gasteiger partial charge in [0.25, 0.3) is 0 Å². The summed E-state index contributed by atoms with van der Waals surface area (Å²) in [4.78, 5) is 4.01. The predicted octanol–water partition coefficient (Wildman–Crippen LogP) is 8.80. The van der Waals surface area contributed by atoms with Crippen LogP contribution in [0.25, 0.3) is 0 Å². The summed E-state index contributed by atoms with van der Waals surface area (Å²) in [5, 5.41) is 9.28. The first-order valence-corrected chi connectivity index (χ1v) is 10.1. The largest absolute Gasteiger partial charge is 0.508 e. The third kappa shape index (κ3) is 11.4. The van der Waals surface area contributed by atoms with Crippen LogP contribution in [0.1, 0.15) is 90.8 Å². The molecule has 0 amide bonds. The van der Waals surface area contributed by atoms with E-state index in [1.807, 2.05) is 36.5 Å². The van der Waals surface area contributed by atoms with Crippen LogP contribution in [0.15, 0.2) is 79.1 Å². The van der Waals surface area contributed by atoms with E-state index in [0.29, 0.717) is 23.5 Å². The molecule has 0 atom stereocenters. The SMILES string of the molecule is C.C.CC(C)c1ccccc1.CC(C)c1ccccc1O.CC(C)c1cccnc1. The summed E-state index contributed by atoms with van der Waals surface area (Å²) in [6.07, 6.45) is 3.70. The standard InChI is InChI=1S/C9H12O.C9H12.C8H11N.2CH4/c1-7(2)8-5-3-4-6-9(8)10;1-8(2)9-6-4-3-5-7-9;1-7(2)8-4-3-5-9-6-8;;/h3-7,10H,1-2H3;3-8H,1-2H3;3-7H,1-2H3;2*1H4. The maximum atomic E-state index is 9.28. The molecule has 0 fully saturated rings. The average Bonchev–Trinajstić information content (AvgIpc) is 2.70. The van der Waals surface area contributed by atoms with Crippen molar-refractivity contribution in [3.63, 3.8) is 0 Å². The summed E-state index contributed by atoms with van der Waals surface area (Å²) in [6.45, 7) is 12.9. The van der Waals surface area contributed by atoms with Crippen molar-refractivity contribution in [2.24, 2.45) is 0 Å². The van der Waals surface area contributed by atoms with Crippen LogP contribution >= 0.6 is 0 Å². The van der Waals surface area contributed by atoms with E-state index >= 15 is 0 Å². The Kier molecular flexibility index (Phi) is 16.0. The third-order valence-corrected chi connectivity index (χ3v) is 4.38. The lowest BCUT2D eigenvalue weighted by Gasteiger charge is -2.05. The van der Waals surface area contributed by atoms with Crippen molar-refractivity contribution in [2.75, 3.05) is 0 Å². The number of hydrogen-bond donors (Lipinski definition) is 1. The highest BCUT2D eigenvalue weighted by atomic mass is 16.3. The monoisotopic (exact) mass is 409 g/mol. The molecule has 30 heavy (non-hydrogen) atoms. The first kappa shape index (κ1) is 29.6. The number of phenolic OH excluding ortho intramolecular Hbond substituents is 1. The van der Waals surface area contributed by atoms with Gasteiger partial charge in [0.2, 0.25) is 0 Å². The molecule has 2 heteroatoms. The minimum Gasteiger partial charge on any atom is -0.508 e. The van der Waals surface area contributed by atoms with Crippen LogP contribution in [0.5, 0.6) is 5.75 Å². The molecule has 2 aromatic carbocycles. The molecule has 166 valence electrons. The molecule has 1 heterocycles. The number of benzene rings is 2. The molecule has 1 aromatic heterocycles. The highest BCUT2D eigenvalue weighted by Gasteiger charge is 2.02. The van der Waals surface area contributed by atoms with Crippen LogP contribution in [0.4, 0.5) is 0 Å². The van der Waals surface area contributed by atoms with E-state index in [1.165, 1.54) is 11.1 Å². The van der Waals surface area contributed by atoms with Crippen LogP contribution in [-0.4, -0.2) is 10.1 Å². The first-order chi connectivity index (χ1) is 13.3. The summed E-state index contributed by atoms with van der Waals surface area (Å²) < 4.78 is 0. The Morgan fingerprint density at radius 3 is 1.43 bits per heavy atom. The second-order valence-electron chi connectivity index (χ2n) is 7.72. The molecule has 0 aliphatic carbocycles. The van der Waals surface area contributed by atoms with Gasteiger partial charge in [0.05, 0.1) is 0 Å². The Hall–Kier alpha value is -2.61. The lowest BCUT2D eigenvalue weighted by molar-refractivity contribution is 0.465. The number of pyridine rings is 1. The fourth-order valence-electron chi connectivity index (χ4n) is 2.53. The third-order valence-electron chi connectivity index (χ3n) is 4.38. The molecule has 0 unspecified atom stereocenters. The fraction of sp³-hybridized carbons (Fsp3) is 0.393. The molecule has 0 saturated heterocycles. The second-order valence-corrected chi connectivity index (χ2v) is 7.72. The van der Waals surface area contributed by atoms with Gasteiger partial charge in [-0.05, 0) is 46.6 Å². The summed E-state index contributed by atoms with van der Waals surface area (Å²) in [5.74, 6) is 2.06. The Bertz CT molecular complexity index is 721. The van der Waals surface area contributed by atoms with E-state index in [1.54, 1.807) is 12.3 Å². The van der Waals surface area contributed by atoms with Crippen molar-refractivity contribution in [1.82, 2.24) is 4.98 Å². The molecule has 1 N–H and O–H groups in total. The van der Waals surface area contributed by atoms with Crippen molar-refractivity contribution in [3.05, 3.63) is 95.8 Å². The van der Waals surface area contributed by atoms with Crippen LogP contribution in [0.3, 0.4) is 0 Å². The van der Waals surface area contributed by atoms with Crippen LogP contribution < -0.4 is 0 Å². The zero-order valence-corrected chi connectivity index (χ0v) is 18.1. The summed E-state index contributed by atoms with van der Waals surface area (Å²) in [5.41, 5.74) is 3.73. The molecule has 0 bridgehead atoms. The Balaban J connectivity index is 0. The van der Waals surface area contributed by atoms with Gasteiger partial charge in [-0.2, -0.15) is 0 Å². The molecule has 0 spiro atoms. The van der Waals surface area contributed by atoms with Crippen molar-refractivity contribution < 1.29 is 5.11 Å². The number of phenols is 1. The van der Waals surface area contributed by atoms with Gasteiger partial charge in [0.15, 0.2) is 0 Å². The van der Waals surface area contributed by atoms with Gasteiger partial charge in [0.1, 0.15) is 5.75 Å². The molecule has 2 nitrogen and oxygen atoms in total. The second kappa shape index (κ2) is 16.2. The van der Waals surface area contributed by atoms with Crippen molar-refractivity contribution in [1.29, 1.82) is 0 Å². The zero-order chi connectivity index (χ0) is 20.9. The van der Waals surface area contributed by atoms with Crippen molar-refractivity contribution >= 4 is 0 Å². The number of aromatic nitrogens is 1. The Morgan fingerprint density at radius 1 is 0.600 bits per heavy atom. The quantitative estimate of drug-likeness (QED) is 0.469. The number of rotatable bonds is 3. The molecule has 0 radical (unpaired) electrons. The molecule has 3 rings (SSSR count). The smallest absolute Gasteiger partial charge is 0.119 e. The molecule has 0 saturated carbocycles. The summed E-state index contributed by atoms with van der Waals surface area (Å²) in [7, 11) is 0. The number of para-hydroxylation sites is 1. The van der Waals surface area contributed by atoms with Gasteiger partial charge in [-0.25, -0.2) is 0 Å². The molecule has 0 aliphatic heterocycles. The van der Waals surface area contributed by atoms with E-state index in [0.717, 1.165) is 5.56 Å². The van der Waals surface area contributed by atoms with E-state index in [2.05, 4.69) is 76.9 Å². The van der Waals surface area contributed by atoms with Crippen molar-refractivity contribution in [2.45, 2.75) is 74.1 Å². The minimum absolute atomic E-state index is 0. The number of aromatic hydroxyl groups is 1. The van der Waals surface area contributed by atoms with Crippen LogP contribution in [-0.2, 0) is 0 Å². The predicted molar refractivity (Wildman–Crippen MR) is 135 cm³/mol. The zero-order valence-electron chi connectivity index (χ0n) is 18.1. The number of nitrogens with zero attached hydrogens (tertiary/aromatic N) is 1. The van der Waals surface area contributed by atoms with Gasteiger partial charge in [-0.15, -0.1) is 0 Å². The fourth-order valence-corrected chi connectivity index (χ4v) is 2.53. The molecular formula is C28H43NO. The van der Waals surface area contributed by atoms with E-state index in [-0.39, 0.29) is 14.9 Å². The summed E-state index contributed by atoms with van der Waals surface area (Å²) in [6, 6.07) is 22.0. The number of hydrogen-bond acceptors (Lipinski definition) is 2. The van der Waals surface area contributed by atoms with Gasteiger partial charge < -0.3 is 5.11 Å². The van der Waals surface area contributed by atoms with Gasteiger partial charge in [-0.1, -0.05) is 111 Å². The minimum atomic E-state index is 0. The topological polar surface area (TPSA) is 33.1 Å². The van der Waals surface area contributed by atoms with Crippen LogP contribution in [0.2, 0.25) is 0 Å². The van der Waals surface area contributed by atoms with Gasteiger partial charge in [-0.3, -0.25) is 4.98 Å². The normalized spacial score (nSPS) is 9.50. The maximum Gasteiger partial charge on any atom is 0.119 e. The van der Waals surface area contributed by atoms with E-state index in [9.17, 15) is 5.11 Å². The summed E-state index contributed by atoms with van der Waals surface area (Å²) >= 11 is 0. The van der Waals surface area contributed by atoms with Gasteiger partial charge in [0, 0.05) is 12.4 Å². The van der Waals surface area contributed by atoms with Crippen molar-refractivity contribution in [3.8, 4) is 5.75 Å². The maximum absolute atomic E-state index is 9.28. The highest BCUT2D eigenvalue weighted by Crippen LogP contribution is 2.23. The average molecular weight is 410 g/mol. The molecule has 3 aromatic rings. The van der Waals surface area contributed by atoms with Gasteiger partial charge >= 0.3 is 0 Å². The molecular weight excluding hydrogens is 366 g/mol. The lowest BCUT2D eigenvalue weighted by atomic mass is 10.0.